The van der Waals surface area contributed by atoms with Crippen molar-refractivity contribution in [3.8, 4) is 0 Å². The van der Waals surface area contributed by atoms with Crippen LogP contribution in [0.2, 0.25) is 0 Å². The van der Waals surface area contributed by atoms with Gasteiger partial charge in [0, 0.05) is 0 Å². The van der Waals surface area contributed by atoms with Gasteiger partial charge in [0.2, 0.25) is 0 Å². The fourth-order valence-electron chi connectivity index (χ4n) is 0.581. The van der Waals surface area contributed by atoms with Crippen LogP contribution in [0.15, 0.2) is 30.3 Å². The number of benzene rings is 1. The molecule has 0 fully saturated rings. The summed E-state index contributed by atoms with van der Waals surface area (Å²) < 4.78 is 0. The summed E-state index contributed by atoms with van der Waals surface area (Å²) in [5.41, 5.74) is 0.331. The van der Waals surface area contributed by atoms with Gasteiger partial charge in [0.25, 0.3) is 0 Å². The van der Waals surface area contributed by atoms with Crippen LogP contribution in [0.3, 0.4) is 0 Å². The molecule has 1 aromatic rings. The second-order valence-corrected chi connectivity index (χ2v) is 3.40. The number of aromatic carboxylic acids is 1. The molecular formula is C11H16O2. The third-order valence-corrected chi connectivity index (χ3v) is 1.02. The van der Waals surface area contributed by atoms with E-state index in [0.29, 0.717) is 5.56 Å². The van der Waals surface area contributed by atoms with Crippen LogP contribution in [0.25, 0.3) is 0 Å². The summed E-state index contributed by atoms with van der Waals surface area (Å²) in [4.78, 5) is 10.2. The van der Waals surface area contributed by atoms with Crippen molar-refractivity contribution in [2.75, 3.05) is 0 Å². The Kier molecular flexibility index (Phi) is 5.60. The van der Waals surface area contributed by atoms with Crippen LogP contribution < -0.4 is 0 Å². The number of hydrogen-bond donors (Lipinski definition) is 1. The van der Waals surface area contributed by atoms with E-state index in [2.05, 4.69) is 20.8 Å². The van der Waals surface area contributed by atoms with E-state index in [9.17, 15) is 4.79 Å². The van der Waals surface area contributed by atoms with Gasteiger partial charge >= 0.3 is 5.97 Å². The maximum Gasteiger partial charge on any atom is 0.335 e. The zero-order valence-electron chi connectivity index (χ0n) is 8.32. The molecule has 1 rings (SSSR count). The van der Waals surface area contributed by atoms with E-state index in [1.807, 2.05) is 0 Å². The van der Waals surface area contributed by atoms with Gasteiger partial charge < -0.3 is 5.11 Å². The highest BCUT2D eigenvalue weighted by molar-refractivity contribution is 5.87. The molecule has 13 heavy (non-hydrogen) atoms. The van der Waals surface area contributed by atoms with E-state index < -0.39 is 5.97 Å². The molecule has 0 bridgehead atoms. The average molecular weight is 180 g/mol. The molecule has 0 aliphatic rings. The molecule has 0 aliphatic carbocycles. The van der Waals surface area contributed by atoms with Crippen molar-refractivity contribution in [3.05, 3.63) is 35.9 Å². The first kappa shape index (κ1) is 11.7. The molecule has 72 valence electrons. The minimum Gasteiger partial charge on any atom is -0.478 e. The van der Waals surface area contributed by atoms with Crippen molar-refractivity contribution in [1.82, 2.24) is 0 Å². The van der Waals surface area contributed by atoms with Crippen LogP contribution in [0, 0.1) is 5.92 Å². The molecule has 0 aromatic heterocycles. The van der Waals surface area contributed by atoms with E-state index in [1.54, 1.807) is 30.3 Å². The van der Waals surface area contributed by atoms with Crippen LogP contribution in [0.5, 0.6) is 0 Å². The van der Waals surface area contributed by atoms with Crippen LogP contribution in [-0.4, -0.2) is 11.1 Å². The van der Waals surface area contributed by atoms with Crippen molar-refractivity contribution in [2.45, 2.75) is 20.8 Å². The molecule has 0 amide bonds. The summed E-state index contributed by atoms with van der Waals surface area (Å²) in [6, 6.07) is 8.30. The summed E-state index contributed by atoms with van der Waals surface area (Å²) in [5, 5.41) is 8.38. The molecule has 0 spiro atoms. The minimum atomic E-state index is -0.879. The van der Waals surface area contributed by atoms with Crippen LogP contribution in [0.4, 0.5) is 0 Å². The summed E-state index contributed by atoms with van der Waals surface area (Å²) in [7, 11) is 0. The second-order valence-electron chi connectivity index (χ2n) is 3.40. The van der Waals surface area contributed by atoms with E-state index >= 15 is 0 Å². The summed E-state index contributed by atoms with van der Waals surface area (Å²) in [6.07, 6.45) is 0. The lowest BCUT2D eigenvalue weighted by Gasteiger charge is -1.88. The Hall–Kier alpha value is -1.31. The Balaban J connectivity index is 0.000000310. The van der Waals surface area contributed by atoms with E-state index in [-0.39, 0.29) is 0 Å². The van der Waals surface area contributed by atoms with Gasteiger partial charge in [-0.05, 0) is 18.1 Å². The molecule has 1 aromatic carbocycles. The Labute approximate surface area is 79.2 Å². The van der Waals surface area contributed by atoms with Gasteiger partial charge in [0.1, 0.15) is 0 Å². The SMILES string of the molecule is CC(C)C.O=C(O)c1ccccc1. The lowest BCUT2D eigenvalue weighted by atomic mass is 10.2. The van der Waals surface area contributed by atoms with Crippen LogP contribution >= 0.6 is 0 Å². The second kappa shape index (κ2) is 6.23. The highest BCUT2D eigenvalue weighted by Gasteiger charge is 1.96. The van der Waals surface area contributed by atoms with Crippen molar-refractivity contribution < 1.29 is 9.90 Å². The highest BCUT2D eigenvalue weighted by Crippen LogP contribution is 1.96. The first-order valence-electron chi connectivity index (χ1n) is 4.32. The van der Waals surface area contributed by atoms with Gasteiger partial charge in [-0.15, -0.1) is 0 Å². The molecule has 0 saturated heterocycles. The third-order valence-electron chi connectivity index (χ3n) is 1.02. The van der Waals surface area contributed by atoms with Crippen molar-refractivity contribution >= 4 is 5.97 Å². The number of rotatable bonds is 1. The van der Waals surface area contributed by atoms with Crippen LogP contribution in [0.1, 0.15) is 31.1 Å². The lowest BCUT2D eigenvalue weighted by molar-refractivity contribution is 0.0697. The number of carboxylic acid groups (broad SMARTS) is 1. The molecule has 2 nitrogen and oxygen atoms in total. The molecule has 0 atom stereocenters. The van der Waals surface area contributed by atoms with Gasteiger partial charge in [0.05, 0.1) is 5.56 Å². The van der Waals surface area contributed by atoms with Gasteiger partial charge in [-0.25, -0.2) is 4.79 Å². The Bertz CT molecular complexity index is 237. The smallest absolute Gasteiger partial charge is 0.335 e. The molecular weight excluding hydrogens is 164 g/mol. The molecule has 1 N–H and O–H groups in total. The summed E-state index contributed by atoms with van der Waals surface area (Å²) in [5.74, 6) is -0.0457. The molecule has 0 unspecified atom stereocenters. The normalized spacial score (nSPS) is 8.92. The van der Waals surface area contributed by atoms with Gasteiger partial charge in [-0.1, -0.05) is 39.0 Å². The number of carboxylic acids is 1. The fourth-order valence-corrected chi connectivity index (χ4v) is 0.581. The first-order valence-corrected chi connectivity index (χ1v) is 4.32. The monoisotopic (exact) mass is 180 g/mol. The molecule has 2 heteroatoms. The van der Waals surface area contributed by atoms with Crippen molar-refractivity contribution in [2.24, 2.45) is 5.92 Å². The molecule has 0 radical (unpaired) electrons. The van der Waals surface area contributed by atoms with Gasteiger partial charge in [-0.2, -0.15) is 0 Å². The molecule has 0 saturated carbocycles. The van der Waals surface area contributed by atoms with Gasteiger partial charge in [0.15, 0.2) is 0 Å². The Morgan fingerprint density at radius 1 is 1.15 bits per heavy atom. The third kappa shape index (κ3) is 7.06. The highest BCUT2D eigenvalue weighted by atomic mass is 16.4. The average Bonchev–Trinajstić information content (AvgIpc) is 2.05. The predicted molar refractivity (Wildman–Crippen MR) is 53.9 cm³/mol. The molecule has 0 heterocycles. The molecule has 0 aliphatic heterocycles. The zero-order chi connectivity index (χ0) is 10.3. The van der Waals surface area contributed by atoms with Crippen LogP contribution in [-0.2, 0) is 0 Å². The van der Waals surface area contributed by atoms with Gasteiger partial charge in [-0.3, -0.25) is 0 Å². The fraction of sp³-hybridized carbons (Fsp3) is 0.364. The van der Waals surface area contributed by atoms with E-state index in [1.165, 1.54) is 0 Å². The lowest BCUT2D eigenvalue weighted by Crippen LogP contribution is -1.93. The van der Waals surface area contributed by atoms with E-state index in [4.69, 9.17) is 5.11 Å². The zero-order valence-corrected chi connectivity index (χ0v) is 8.32. The first-order chi connectivity index (χ1) is 6.04. The largest absolute Gasteiger partial charge is 0.478 e. The Morgan fingerprint density at radius 3 is 1.77 bits per heavy atom. The number of hydrogen-bond acceptors (Lipinski definition) is 1. The van der Waals surface area contributed by atoms with Crippen molar-refractivity contribution in [3.63, 3.8) is 0 Å². The predicted octanol–water partition coefficient (Wildman–Crippen LogP) is 3.05. The summed E-state index contributed by atoms with van der Waals surface area (Å²) in [6.45, 7) is 6.50. The standard InChI is InChI=1S/C7H6O2.C4H10/c8-7(9)6-4-2-1-3-5-6;1-4(2)3/h1-5H,(H,8,9);4H,1-3H3. The number of carbonyl (C=O) groups is 1. The van der Waals surface area contributed by atoms with Crippen molar-refractivity contribution in [1.29, 1.82) is 0 Å². The topological polar surface area (TPSA) is 37.3 Å². The Morgan fingerprint density at radius 2 is 1.54 bits per heavy atom. The minimum absolute atomic E-state index is 0.331. The summed E-state index contributed by atoms with van der Waals surface area (Å²) >= 11 is 0. The maximum atomic E-state index is 10.2. The van der Waals surface area contributed by atoms with E-state index in [0.717, 1.165) is 5.92 Å². The maximum absolute atomic E-state index is 10.2. The quantitative estimate of drug-likeness (QED) is 0.721.